The Labute approximate surface area is 163 Å². The van der Waals surface area contributed by atoms with Crippen molar-refractivity contribution in [2.45, 2.75) is 19.0 Å². The van der Waals surface area contributed by atoms with Gasteiger partial charge in [-0.3, -0.25) is 14.9 Å². The first-order valence-electron chi connectivity index (χ1n) is 9.00. The van der Waals surface area contributed by atoms with Crippen LogP contribution in [-0.4, -0.2) is 46.4 Å². The number of nitrogens with one attached hydrogen (secondary N) is 1. The highest BCUT2D eigenvalue weighted by atomic mass is 32.2. The molecule has 27 heavy (non-hydrogen) atoms. The average Bonchev–Trinajstić information content (AvgIpc) is 2.72. The van der Waals surface area contributed by atoms with Gasteiger partial charge < -0.3 is 10.2 Å². The third-order valence-corrected chi connectivity index (χ3v) is 5.55. The monoisotopic (exact) mass is 385 g/mol. The summed E-state index contributed by atoms with van der Waals surface area (Å²) in [6.07, 6.45) is 0.621. The summed E-state index contributed by atoms with van der Waals surface area (Å²) in [5, 5.41) is 14.1. The summed E-state index contributed by atoms with van der Waals surface area (Å²) < 4.78 is 0. The first kappa shape index (κ1) is 19.4. The second-order valence-electron chi connectivity index (χ2n) is 6.48. The van der Waals surface area contributed by atoms with Crippen molar-refractivity contribution in [3.8, 4) is 0 Å². The second kappa shape index (κ2) is 9.53. The molecule has 3 rings (SSSR count). The Hall–Kier alpha value is -2.38. The number of thioether (sulfide) groups is 1. The zero-order valence-corrected chi connectivity index (χ0v) is 15.9. The van der Waals surface area contributed by atoms with Gasteiger partial charge in [0.05, 0.1) is 11.0 Å². The molecule has 2 aromatic carbocycles. The van der Waals surface area contributed by atoms with E-state index in [9.17, 15) is 14.9 Å². The Balaban J connectivity index is 1.68. The molecular weight excluding hydrogens is 362 g/mol. The number of carbonyl (C=O) groups excluding carboxylic acids is 1. The van der Waals surface area contributed by atoms with Crippen LogP contribution in [0.2, 0.25) is 0 Å². The number of hydrogen-bond acceptors (Lipinski definition) is 5. The minimum Gasteiger partial charge on any atom is -0.340 e. The van der Waals surface area contributed by atoms with Crippen molar-refractivity contribution in [3.05, 3.63) is 75.8 Å². The Morgan fingerprint density at radius 3 is 2.37 bits per heavy atom. The summed E-state index contributed by atoms with van der Waals surface area (Å²) >= 11 is 1.88. The highest BCUT2D eigenvalue weighted by molar-refractivity contribution is 7.99. The number of nitro groups is 1. The lowest BCUT2D eigenvalue weighted by Crippen LogP contribution is -2.50. The first-order chi connectivity index (χ1) is 13.1. The molecule has 0 bridgehead atoms. The van der Waals surface area contributed by atoms with E-state index in [0.717, 1.165) is 35.7 Å². The van der Waals surface area contributed by atoms with Gasteiger partial charge in [-0.1, -0.05) is 42.5 Å². The molecular formula is C20H23N3O3S. The molecule has 6 nitrogen and oxygen atoms in total. The number of hydrogen-bond donors (Lipinski definition) is 1. The van der Waals surface area contributed by atoms with Crippen molar-refractivity contribution in [1.29, 1.82) is 0 Å². The summed E-state index contributed by atoms with van der Waals surface area (Å²) in [7, 11) is 0. The van der Waals surface area contributed by atoms with Gasteiger partial charge in [-0.15, -0.1) is 0 Å². The first-order valence-corrected chi connectivity index (χ1v) is 10.2. The maximum absolute atomic E-state index is 13.0. The highest BCUT2D eigenvalue weighted by Crippen LogP contribution is 2.15. The van der Waals surface area contributed by atoms with Gasteiger partial charge in [-0.05, 0) is 17.5 Å². The second-order valence-corrected chi connectivity index (χ2v) is 7.71. The zero-order valence-electron chi connectivity index (χ0n) is 15.0. The molecule has 0 unspecified atom stereocenters. The van der Waals surface area contributed by atoms with Crippen LogP contribution in [0, 0.1) is 10.1 Å². The predicted molar refractivity (Wildman–Crippen MR) is 108 cm³/mol. The Morgan fingerprint density at radius 2 is 1.74 bits per heavy atom. The van der Waals surface area contributed by atoms with Crippen molar-refractivity contribution >= 4 is 23.4 Å². The van der Waals surface area contributed by atoms with Crippen LogP contribution in [-0.2, 0) is 17.8 Å². The zero-order chi connectivity index (χ0) is 19.1. The van der Waals surface area contributed by atoms with Crippen LogP contribution in [0.4, 0.5) is 5.69 Å². The molecule has 1 heterocycles. The van der Waals surface area contributed by atoms with Gasteiger partial charge in [0.2, 0.25) is 5.91 Å². The van der Waals surface area contributed by atoms with Gasteiger partial charge in [0.25, 0.3) is 5.69 Å². The van der Waals surface area contributed by atoms with Crippen molar-refractivity contribution in [2.75, 3.05) is 24.6 Å². The van der Waals surface area contributed by atoms with Crippen molar-refractivity contribution in [2.24, 2.45) is 0 Å². The lowest BCUT2D eigenvalue weighted by atomic mass is 10.0. The van der Waals surface area contributed by atoms with E-state index in [4.69, 9.17) is 0 Å². The van der Waals surface area contributed by atoms with Gasteiger partial charge >= 0.3 is 0 Å². The fourth-order valence-electron chi connectivity index (χ4n) is 3.08. The molecule has 0 saturated carbocycles. The van der Waals surface area contributed by atoms with Gasteiger partial charge in [0, 0.05) is 43.3 Å². The van der Waals surface area contributed by atoms with E-state index in [1.165, 1.54) is 12.1 Å². The standard InChI is InChI=1S/C20H23N3O3S/c24-20(22-10-12-27-13-11-22)19(14-16-4-2-1-3-5-16)21-15-17-6-8-18(9-7-17)23(25)26/h1-9,19,21H,10-15H2/t19-/m0/s1. The Bertz CT molecular complexity index is 762. The van der Waals surface area contributed by atoms with Crippen LogP contribution in [0.25, 0.3) is 0 Å². The van der Waals surface area contributed by atoms with E-state index in [1.807, 2.05) is 47.0 Å². The number of amides is 1. The van der Waals surface area contributed by atoms with E-state index < -0.39 is 4.92 Å². The topological polar surface area (TPSA) is 75.5 Å². The van der Waals surface area contributed by atoms with Crippen LogP contribution in [0.3, 0.4) is 0 Å². The molecule has 0 aliphatic carbocycles. The third kappa shape index (κ3) is 5.55. The van der Waals surface area contributed by atoms with E-state index in [0.29, 0.717) is 13.0 Å². The lowest BCUT2D eigenvalue weighted by molar-refractivity contribution is -0.384. The summed E-state index contributed by atoms with van der Waals surface area (Å²) in [4.78, 5) is 25.3. The Kier molecular flexibility index (Phi) is 6.84. The number of rotatable bonds is 7. The van der Waals surface area contributed by atoms with Crippen LogP contribution in [0.1, 0.15) is 11.1 Å². The van der Waals surface area contributed by atoms with Gasteiger partial charge in [0.1, 0.15) is 0 Å². The van der Waals surface area contributed by atoms with Crippen molar-refractivity contribution in [1.82, 2.24) is 10.2 Å². The van der Waals surface area contributed by atoms with Crippen molar-refractivity contribution in [3.63, 3.8) is 0 Å². The van der Waals surface area contributed by atoms with E-state index in [1.54, 1.807) is 12.1 Å². The summed E-state index contributed by atoms with van der Waals surface area (Å²) in [5.41, 5.74) is 2.10. The molecule has 0 aromatic heterocycles. The maximum Gasteiger partial charge on any atom is 0.269 e. The van der Waals surface area contributed by atoms with E-state index in [2.05, 4.69) is 5.32 Å². The highest BCUT2D eigenvalue weighted by Gasteiger charge is 2.25. The van der Waals surface area contributed by atoms with Gasteiger partial charge in [-0.2, -0.15) is 11.8 Å². The SMILES string of the molecule is O=C([C@H](Cc1ccccc1)NCc1ccc([N+](=O)[O-])cc1)N1CCSCC1. The van der Waals surface area contributed by atoms with Crippen LogP contribution < -0.4 is 5.32 Å². The van der Waals surface area contributed by atoms with E-state index in [-0.39, 0.29) is 17.6 Å². The van der Waals surface area contributed by atoms with Crippen LogP contribution in [0.5, 0.6) is 0 Å². The fourth-order valence-corrected chi connectivity index (χ4v) is 3.98. The predicted octanol–water partition coefficient (Wildman–Crippen LogP) is 2.87. The molecule has 1 atom stereocenters. The summed E-state index contributed by atoms with van der Waals surface area (Å²) in [5.74, 6) is 2.08. The lowest BCUT2D eigenvalue weighted by Gasteiger charge is -2.30. The smallest absolute Gasteiger partial charge is 0.269 e. The van der Waals surface area contributed by atoms with Crippen LogP contribution >= 0.6 is 11.8 Å². The molecule has 1 saturated heterocycles. The molecule has 1 N–H and O–H groups in total. The summed E-state index contributed by atoms with van der Waals surface area (Å²) in [6, 6.07) is 16.1. The quantitative estimate of drug-likeness (QED) is 0.586. The maximum atomic E-state index is 13.0. The normalized spacial score (nSPS) is 15.3. The van der Waals surface area contributed by atoms with Gasteiger partial charge in [-0.25, -0.2) is 0 Å². The average molecular weight is 385 g/mol. The van der Waals surface area contributed by atoms with Crippen molar-refractivity contribution < 1.29 is 9.72 Å². The number of benzene rings is 2. The molecule has 0 radical (unpaired) electrons. The minimum atomic E-state index is -0.409. The minimum absolute atomic E-state index is 0.0708. The Morgan fingerprint density at radius 1 is 1.07 bits per heavy atom. The number of nitro benzene ring substituents is 1. The molecule has 0 spiro atoms. The molecule has 142 valence electrons. The molecule has 2 aromatic rings. The fraction of sp³-hybridized carbons (Fsp3) is 0.350. The largest absolute Gasteiger partial charge is 0.340 e. The van der Waals surface area contributed by atoms with E-state index >= 15 is 0 Å². The molecule has 7 heteroatoms. The molecule has 1 amide bonds. The number of carbonyl (C=O) groups is 1. The molecule has 1 aliphatic heterocycles. The summed E-state index contributed by atoms with van der Waals surface area (Å²) in [6.45, 7) is 2.06. The molecule has 1 aliphatic rings. The number of nitrogens with zero attached hydrogens (tertiary/aromatic N) is 2. The van der Waals surface area contributed by atoms with Gasteiger partial charge in [0.15, 0.2) is 0 Å². The molecule has 1 fully saturated rings. The number of non-ortho nitro benzene ring substituents is 1. The third-order valence-electron chi connectivity index (χ3n) is 4.60. The van der Waals surface area contributed by atoms with Crippen LogP contribution in [0.15, 0.2) is 54.6 Å².